The molecule has 0 aliphatic carbocycles. The molecule has 2 atom stereocenters. The van der Waals surface area contributed by atoms with Crippen molar-refractivity contribution in [1.82, 2.24) is 4.90 Å². The minimum atomic E-state index is -0.285. The van der Waals surface area contributed by atoms with E-state index in [1.165, 1.54) is 0 Å². The van der Waals surface area contributed by atoms with Crippen molar-refractivity contribution in [2.75, 3.05) is 13.2 Å². The van der Waals surface area contributed by atoms with Crippen LogP contribution in [0.15, 0.2) is 0 Å². The Kier molecular flexibility index (Phi) is 2.79. The topological polar surface area (TPSA) is 55.8 Å². The summed E-state index contributed by atoms with van der Waals surface area (Å²) in [6, 6.07) is 0.154. The van der Waals surface area contributed by atoms with Crippen LogP contribution in [0.4, 0.5) is 4.79 Å². The Bertz CT molecular complexity index is 279. The second-order valence-electron chi connectivity index (χ2n) is 3.88. The molecule has 0 bridgehead atoms. The Morgan fingerprint density at radius 1 is 1.60 bits per heavy atom. The van der Waals surface area contributed by atoms with Gasteiger partial charge in [-0.15, -0.1) is 0 Å². The average molecular weight is 213 g/mol. The van der Waals surface area contributed by atoms with Gasteiger partial charge in [0, 0.05) is 6.04 Å². The van der Waals surface area contributed by atoms with E-state index in [1.54, 1.807) is 11.8 Å². The van der Waals surface area contributed by atoms with E-state index in [1.807, 2.05) is 0 Å². The molecule has 0 aromatic rings. The second kappa shape index (κ2) is 4.08. The van der Waals surface area contributed by atoms with Gasteiger partial charge in [0.25, 0.3) is 0 Å². The van der Waals surface area contributed by atoms with Crippen molar-refractivity contribution in [1.29, 1.82) is 0 Å². The fourth-order valence-corrected chi connectivity index (χ4v) is 2.28. The highest BCUT2D eigenvalue weighted by Crippen LogP contribution is 2.31. The lowest BCUT2D eigenvalue weighted by atomic mass is 10.1. The van der Waals surface area contributed by atoms with Crippen LogP contribution in [0.3, 0.4) is 0 Å². The van der Waals surface area contributed by atoms with Gasteiger partial charge < -0.3 is 9.47 Å². The summed E-state index contributed by atoms with van der Waals surface area (Å²) >= 11 is 0. The van der Waals surface area contributed by atoms with Crippen LogP contribution in [0.5, 0.6) is 0 Å². The van der Waals surface area contributed by atoms with Crippen molar-refractivity contribution in [2.45, 2.75) is 38.3 Å². The van der Waals surface area contributed by atoms with Crippen LogP contribution in [0.1, 0.15) is 26.2 Å². The molecular weight excluding hydrogens is 198 g/mol. The van der Waals surface area contributed by atoms with Crippen LogP contribution >= 0.6 is 0 Å². The highest BCUT2D eigenvalue weighted by molar-refractivity contribution is 5.74. The summed E-state index contributed by atoms with van der Waals surface area (Å²) in [5, 5.41) is 0. The minimum absolute atomic E-state index is 0.0240. The van der Waals surface area contributed by atoms with E-state index in [0.29, 0.717) is 19.6 Å². The van der Waals surface area contributed by atoms with Gasteiger partial charge >= 0.3 is 12.1 Å². The van der Waals surface area contributed by atoms with Gasteiger partial charge in [-0.25, -0.2) is 4.79 Å². The molecule has 0 N–H and O–H groups in total. The molecule has 0 aromatic carbocycles. The first-order valence-corrected chi connectivity index (χ1v) is 5.33. The molecule has 0 aromatic heterocycles. The number of hydrogen-bond acceptors (Lipinski definition) is 4. The van der Waals surface area contributed by atoms with Crippen LogP contribution in [0, 0.1) is 0 Å². The zero-order chi connectivity index (χ0) is 10.8. The Morgan fingerprint density at radius 2 is 2.40 bits per heavy atom. The summed E-state index contributed by atoms with van der Waals surface area (Å²) in [4.78, 5) is 24.3. The van der Waals surface area contributed by atoms with E-state index in [9.17, 15) is 9.59 Å². The molecule has 5 nitrogen and oxygen atoms in total. The van der Waals surface area contributed by atoms with Crippen LogP contribution in [-0.2, 0) is 14.3 Å². The SMILES string of the molecule is CCOC(=O)C[C@H]1CC[C@H]2COC(=O)N12. The summed E-state index contributed by atoms with van der Waals surface area (Å²) in [5.41, 5.74) is 0. The van der Waals surface area contributed by atoms with Crippen LogP contribution in [-0.4, -0.2) is 42.3 Å². The molecule has 0 unspecified atom stereocenters. The standard InChI is InChI=1S/C10H15NO4/c1-2-14-9(12)5-7-3-4-8-6-15-10(13)11(7)8/h7-8H,2-6H2,1H3/t7-,8+/m1/s1. The number of amides is 1. The lowest BCUT2D eigenvalue weighted by Crippen LogP contribution is -2.36. The number of cyclic esters (lactones) is 1. The molecule has 2 aliphatic heterocycles. The van der Waals surface area contributed by atoms with Crippen LogP contribution in [0.25, 0.3) is 0 Å². The highest BCUT2D eigenvalue weighted by Gasteiger charge is 2.43. The van der Waals surface area contributed by atoms with Crippen molar-refractivity contribution in [3.63, 3.8) is 0 Å². The van der Waals surface area contributed by atoms with Gasteiger partial charge in [0.2, 0.25) is 0 Å². The number of esters is 1. The molecule has 1 amide bonds. The summed E-state index contributed by atoms with van der Waals surface area (Å²) in [6.07, 6.45) is 1.81. The number of nitrogens with zero attached hydrogens (tertiary/aromatic N) is 1. The fourth-order valence-electron chi connectivity index (χ4n) is 2.28. The number of carbonyl (C=O) groups excluding carboxylic acids is 2. The van der Waals surface area contributed by atoms with Crippen molar-refractivity contribution in [3.05, 3.63) is 0 Å². The first kappa shape index (κ1) is 10.3. The normalized spacial score (nSPS) is 28.9. The van der Waals surface area contributed by atoms with Crippen molar-refractivity contribution in [2.24, 2.45) is 0 Å². The van der Waals surface area contributed by atoms with Gasteiger partial charge in [-0.1, -0.05) is 0 Å². The molecule has 2 rings (SSSR count). The summed E-state index contributed by atoms with van der Waals surface area (Å²) < 4.78 is 9.80. The van der Waals surface area contributed by atoms with E-state index in [2.05, 4.69) is 0 Å². The third-order valence-electron chi connectivity index (χ3n) is 2.94. The molecule has 84 valence electrons. The lowest BCUT2D eigenvalue weighted by molar-refractivity contribution is -0.144. The number of rotatable bonds is 3. The Hall–Kier alpha value is -1.26. The second-order valence-corrected chi connectivity index (χ2v) is 3.88. The van der Waals surface area contributed by atoms with Crippen molar-refractivity contribution in [3.8, 4) is 0 Å². The molecule has 15 heavy (non-hydrogen) atoms. The third kappa shape index (κ3) is 1.91. The first-order chi connectivity index (χ1) is 7.22. The third-order valence-corrected chi connectivity index (χ3v) is 2.94. The molecule has 0 radical (unpaired) electrons. The van der Waals surface area contributed by atoms with Crippen molar-refractivity contribution < 1.29 is 19.1 Å². The van der Waals surface area contributed by atoms with Gasteiger partial charge in [0.1, 0.15) is 6.61 Å². The summed E-state index contributed by atoms with van der Waals surface area (Å²) in [6.45, 7) is 2.64. The maximum absolute atomic E-state index is 11.4. The Labute approximate surface area is 88.3 Å². The van der Waals surface area contributed by atoms with Crippen LogP contribution in [0.2, 0.25) is 0 Å². The van der Waals surface area contributed by atoms with E-state index >= 15 is 0 Å². The zero-order valence-corrected chi connectivity index (χ0v) is 8.77. The molecular formula is C10H15NO4. The molecule has 2 heterocycles. The summed E-state index contributed by atoms with van der Waals surface area (Å²) in [7, 11) is 0. The molecule has 2 fully saturated rings. The Balaban J connectivity index is 1.93. The number of ether oxygens (including phenoxy) is 2. The lowest BCUT2D eigenvalue weighted by Gasteiger charge is -2.20. The van der Waals surface area contributed by atoms with Crippen molar-refractivity contribution >= 4 is 12.1 Å². The maximum atomic E-state index is 11.4. The number of fused-ring (bicyclic) bond motifs is 1. The van der Waals surface area contributed by atoms with E-state index in [4.69, 9.17) is 9.47 Å². The fraction of sp³-hybridized carbons (Fsp3) is 0.800. The largest absolute Gasteiger partial charge is 0.466 e. The van der Waals surface area contributed by atoms with Gasteiger partial charge in [-0.3, -0.25) is 9.69 Å². The van der Waals surface area contributed by atoms with Gasteiger partial charge in [0.15, 0.2) is 0 Å². The highest BCUT2D eigenvalue weighted by atomic mass is 16.6. The van der Waals surface area contributed by atoms with Crippen LogP contribution < -0.4 is 0 Å². The average Bonchev–Trinajstić information content (AvgIpc) is 2.72. The predicted octanol–water partition coefficient (Wildman–Crippen LogP) is 0.923. The molecule has 5 heteroatoms. The van der Waals surface area contributed by atoms with E-state index < -0.39 is 0 Å². The van der Waals surface area contributed by atoms with Gasteiger partial charge in [-0.05, 0) is 19.8 Å². The first-order valence-electron chi connectivity index (χ1n) is 5.33. The van der Waals surface area contributed by atoms with E-state index in [-0.39, 0.29) is 24.1 Å². The molecule has 2 saturated heterocycles. The quantitative estimate of drug-likeness (QED) is 0.654. The van der Waals surface area contributed by atoms with Gasteiger partial charge in [0.05, 0.1) is 19.1 Å². The summed E-state index contributed by atoms with van der Waals surface area (Å²) in [5.74, 6) is -0.233. The molecule has 0 spiro atoms. The minimum Gasteiger partial charge on any atom is -0.466 e. The molecule has 2 aliphatic rings. The predicted molar refractivity (Wildman–Crippen MR) is 51.2 cm³/mol. The zero-order valence-electron chi connectivity index (χ0n) is 8.77. The Morgan fingerprint density at radius 3 is 3.13 bits per heavy atom. The number of hydrogen-bond donors (Lipinski definition) is 0. The number of carbonyl (C=O) groups is 2. The van der Waals surface area contributed by atoms with E-state index in [0.717, 1.165) is 12.8 Å². The van der Waals surface area contributed by atoms with Gasteiger partial charge in [-0.2, -0.15) is 0 Å². The maximum Gasteiger partial charge on any atom is 0.410 e. The molecule has 0 saturated carbocycles. The monoisotopic (exact) mass is 213 g/mol. The smallest absolute Gasteiger partial charge is 0.410 e.